The lowest BCUT2D eigenvalue weighted by Gasteiger charge is -2.42. The van der Waals surface area contributed by atoms with Gasteiger partial charge in [0.15, 0.2) is 5.96 Å². The third-order valence-corrected chi connectivity index (χ3v) is 5.49. The number of pyridine rings is 1. The Balaban J connectivity index is 1.92. The zero-order valence-electron chi connectivity index (χ0n) is 18.1. The molecule has 6 heteroatoms. The summed E-state index contributed by atoms with van der Waals surface area (Å²) in [6.07, 6.45) is 7.43. The Labute approximate surface area is 170 Å². The number of amides is 1. The fourth-order valence-corrected chi connectivity index (χ4v) is 3.95. The number of aromatic nitrogens is 1. The second-order valence-corrected chi connectivity index (χ2v) is 8.14. The van der Waals surface area contributed by atoms with E-state index in [2.05, 4.69) is 41.0 Å². The van der Waals surface area contributed by atoms with Gasteiger partial charge in [0, 0.05) is 51.5 Å². The molecule has 28 heavy (non-hydrogen) atoms. The van der Waals surface area contributed by atoms with E-state index in [0.717, 1.165) is 37.7 Å². The number of nitrogens with one attached hydrogen (secondary N) is 1. The molecule has 1 aromatic rings. The standard InChI is InChI=1S/C22H37N5O/c1-5-12-22(3)13-9-15-27(18-22)21(23-6-2)25-17-20(28)26(4)16-11-19-10-7-8-14-24-19/h7-8,10,14H,5-6,9,11-13,15-18H2,1-4H3,(H,23,25). The van der Waals surface area contributed by atoms with Crippen molar-refractivity contribution in [1.82, 2.24) is 20.1 Å². The Bertz CT molecular complexity index is 629. The minimum atomic E-state index is 0.0414. The lowest BCUT2D eigenvalue weighted by Crippen LogP contribution is -2.50. The van der Waals surface area contributed by atoms with Gasteiger partial charge in [-0.15, -0.1) is 0 Å². The first-order chi connectivity index (χ1) is 13.5. The van der Waals surface area contributed by atoms with E-state index < -0.39 is 0 Å². The molecule has 1 unspecified atom stereocenters. The Morgan fingerprint density at radius 2 is 2.21 bits per heavy atom. The molecule has 6 nitrogen and oxygen atoms in total. The van der Waals surface area contributed by atoms with E-state index in [0.29, 0.717) is 12.0 Å². The number of likely N-dealkylation sites (N-methyl/N-ethyl adjacent to an activating group) is 1. The first-order valence-corrected chi connectivity index (χ1v) is 10.6. The van der Waals surface area contributed by atoms with Crippen molar-refractivity contribution >= 4 is 11.9 Å². The van der Waals surface area contributed by atoms with Crippen LogP contribution in [0.1, 0.15) is 52.1 Å². The zero-order valence-corrected chi connectivity index (χ0v) is 18.1. The van der Waals surface area contributed by atoms with Crippen LogP contribution < -0.4 is 5.32 Å². The molecule has 2 heterocycles. The summed E-state index contributed by atoms with van der Waals surface area (Å²) in [6, 6.07) is 5.87. The molecule has 0 aromatic carbocycles. The smallest absolute Gasteiger partial charge is 0.244 e. The normalized spacial score (nSPS) is 20.1. The van der Waals surface area contributed by atoms with E-state index in [4.69, 9.17) is 0 Å². The average molecular weight is 388 g/mol. The molecule has 1 atom stereocenters. The van der Waals surface area contributed by atoms with Crippen molar-refractivity contribution in [2.45, 2.75) is 52.9 Å². The van der Waals surface area contributed by atoms with Gasteiger partial charge < -0.3 is 15.1 Å². The minimum absolute atomic E-state index is 0.0414. The van der Waals surface area contributed by atoms with Crippen LogP contribution >= 0.6 is 0 Å². The summed E-state index contributed by atoms with van der Waals surface area (Å²) in [4.78, 5) is 25.6. The zero-order chi connectivity index (χ0) is 20.4. The topological polar surface area (TPSA) is 60.8 Å². The van der Waals surface area contributed by atoms with E-state index in [-0.39, 0.29) is 12.5 Å². The minimum Gasteiger partial charge on any atom is -0.357 e. The molecule has 1 fully saturated rings. The second-order valence-electron chi connectivity index (χ2n) is 8.14. The second kappa shape index (κ2) is 11.0. The van der Waals surface area contributed by atoms with Gasteiger partial charge in [-0.25, -0.2) is 4.99 Å². The van der Waals surface area contributed by atoms with Crippen LogP contribution in [0.5, 0.6) is 0 Å². The van der Waals surface area contributed by atoms with E-state index in [1.54, 1.807) is 11.1 Å². The molecule has 0 aliphatic carbocycles. The molecule has 1 amide bonds. The summed E-state index contributed by atoms with van der Waals surface area (Å²) >= 11 is 0. The number of likely N-dealkylation sites (tertiary alicyclic amines) is 1. The van der Waals surface area contributed by atoms with Crippen LogP contribution in [0.25, 0.3) is 0 Å². The number of aliphatic imine (C=N–C) groups is 1. The van der Waals surface area contributed by atoms with Crippen molar-refractivity contribution in [3.8, 4) is 0 Å². The molecule has 0 radical (unpaired) electrons. The number of nitrogens with zero attached hydrogens (tertiary/aromatic N) is 4. The predicted molar refractivity (Wildman–Crippen MR) is 115 cm³/mol. The summed E-state index contributed by atoms with van der Waals surface area (Å²) in [7, 11) is 1.84. The van der Waals surface area contributed by atoms with Gasteiger partial charge in [-0.05, 0) is 43.7 Å². The van der Waals surface area contributed by atoms with Gasteiger partial charge in [0.2, 0.25) is 5.91 Å². The summed E-state index contributed by atoms with van der Waals surface area (Å²) in [5.41, 5.74) is 1.34. The van der Waals surface area contributed by atoms with Crippen molar-refractivity contribution in [2.24, 2.45) is 10.4 Å². The van der Waals surface area contributed by atoms with E-state index in [9.17, 15) is 4.79 Å². The largest absolute Gasteiger partial charge is 0.357 e. The van der Waals surface area contributed by atoms with Crippen LogP contribution in [0.3, 0.4) is 0 Å². The number of guanidine groups is 1. The molecule has 156 valence electrons. The Morgan fingerprint density at radius 1 is 1.39 bits per heavy atom. The maximum atomic E-state index is 12.5. The molecule has 0 spiro atoms. The monoisotopic (exact) mass is 387 g/mol. The van der Waals surface area contributed by atoms with Gasteiger partial charge >= 0.3 is 0 Å². The summed E-state index contributed by atoms with van der Waals surface area (Å²) in [6.45, 7) is 10.4. The van der Waals surface area contributed by atoms with Crippen LogP contribution in [0.2, 0.25) is 0 Å². The molecule has 0 saturated carbocycles. The number of carbonyl (C=O) groups excluding carboxylic acids is 1. The first kappa shape index (κ1) is 22.2. The van der Waals surface area contributed by atoms with Crippen molar-refractivity contribution in [3.63, 3.8) is 0 Å². The molecule has 1 aliphatic heterocycles. The van der Waals surface area contributed by atoms with E-state index >= 15 is 0 Å². The third kappa shape index (κ3) is 6.80. The number of hydrogen-bond acceptors (Lipinski definition) is 3. The maximum Gasteiger partial charge on any atom is 0.244 e. The summed E-state index contributed by atoms with van der Waals surface area (Å²) < 4.78 is 0. The van der Waals surface area contributed by atoms with Crippen molar-refractivity contribution < 1.29 is 4.79 Å². The van der Waals surface area contributed by atoms with Crippen LogP contribution in [0.4, 0.5) is 0 Å². The predicted octanol–water partition coefficient (Wildman–Crippen LogP) is 2.95. The number of hydrogen-bond donors (Lipinski definition) is 1. The third-order valence-electron chi connectivity index (χ3n) is 5.49. The van der Waals surface area contributed by atoms with Crippen LogP contribution in [0.15, 0.2) is 29.4 Å². The summed E-state index contributed by atoms with van der Waals surface area (Å²) in [5, 5.41) is 3.38. The van der Waals surface area contributed by atoms with Crippen molar-refractivity contribution in [1.29, 1.82) is 0 Å². The van der Waals surface area contributed by atoms with Crippen LogP contribution in [0, 0.1) is 5.41 Å². The van der Waals surface area contributed by atoms with E-state index in [1.165, 1.54) is 25.7 Å². The van der Waals surface area contributed by atoms with Crippen molar-refractivity contribution in [3.05, 3.63) is 30.1 Å². The Hall–Kier alpha value is -2.11. The highest BCUT2D eigenvalue weighted by Gasteiger charge is 2.31. The first-order valence-electron chi connectivity index (χ1n) is 10.6. The Morgan fingerprint density at radius 3 is 2.89 bits per heavy atom. The van der Waals surface area contributed by atoms with Gasteiger partial charge in [0.05, 0.1) is 0 Å². The maximum absolute atomic E-state index is 12.5. The quantitative estimate of drug-likeness (QED) is 0.550. The molecular weight excluding hydrogens is 350 g/mol. The van der Waals surface area contributed by atoms with Gasteiger partial charge in [-0.1, -0.05) is 26.3 Å². The van der Waals surface area contributed by atoms with Crippen molar-refractivity contribution in [2.75, 3.05) is 39.8 Å². The number of piperidine rings is 1. The highest BCUT2D eigenvalue weighted by Crippen LogP contribution is 2.33. The summed E-state index contributed by atoms with van der Waals surface area (Å²) in [5.74, 6) is 0.913. The molecule has 2 rings (SSSR count). The van der Waals surface area contributed by atoms with Gasteiger partial charge in [-0.3, -0.25) is 9.78 Å². The number of carbonyl (C=O) groups is 1. The fraction of sp³-hybridized carbons (Fsp3) is 0.682. The SMILES string of the molecule is CCCC1(C)CCCN(C(=NCC(=O)N(C)CCc2ccccn2)NCC)C1. The molecule has 1 aliphatic rings. The molecular formula is C22H37N5O. The number of rotatable bonds is 8. The molecule has 0 bridgehead atoms. The van der Waals surface area contributed by atoms with Gasteiger partial charge in [0.25, 0.3) is 0 Å². The molecule has 1 saturated heterocycles. The van der Waals surface area contributed by atoms with Gasteiger partial charge in [-0.2, -0.15) is 0 Å². The fourth-order valence-electron chi connectivity index (χ4n) is 3.95. The average Bonchev–Trinajstić information content (AvgIpc) is 2.69. The lowest BCUT2D eigenvalue weighted by atomic mass is 9.78. The Kier molecular flexibility index (Phi) is 8.74. The van der Waals surface area contributed by atoms with Crippen LogP contribution in [-0.2, 0) is 11.2 Å². The molecule has 1 N–H and O–H groups in total. The highest BCUT2D eigenvalue weighted by atomic mass is 16.2. The van der Waals surface area contributed by atoms with Gasteiger partial charge in [0.1, 0.15) is 6.54 Å². The lowest BCUT2D eigenvalue weighted by molar-refractivity contribution is -0.128. The highest BCUT2D eigenvalue weighted by molar-refractivity contribution is 5.85. The van der Waals surface area contributed by atoms with Crippen LogP contribution in [-0.4, -0.2) is 66.4 Å². The van der Waals surface area contributed by atoms with E-state index in [1.807, 2.05) is 25.2 Å². The molecule has 1 aromatic heterocycles.